The second-order valence-corrected chi connectivity index (χ2v) is 28.9. The number of hydrogen-bond donors (Lipinski definition) is 1. The zero-order valence-electron chi connectivity index (χ0n) is 44.7. The zero-order valence-corrected chi connectivity index (χ0v) is 47.9. The van der Waals surface area contributed by atoms with E-state index in [-0.39, 0.29) is 103 Å². The van der Waals surface area contributed by atoms with Crippen molar-refractivity contribution in [1.82, 2.24) is 0 Å². The average Bonchev–Trinajstić information content (AvgIpc) is 3.33. The van der Waals surface area contributed by atoms with E-state index in [1.54, 1.807) is 0 Å². The van der Waals surface area contributed by atoms with Crippen LogP contribution >= 0.6 is 0 Å². The molecule has 4 fully saturated rings. The van der Waals surface area contributed by atoms with Gasteiger partial charge in [0, 0.05) is 46.9 Å². The summed E-state index contributed by atoms with van der Waals surface area (Å²) >= 11 is 0. The number of hydrogen-bond acceptors (Lipinski definition) is 18. The van der Waals surface area contributed by atoms with E-state index in [0.29, 0.717) is 77.0 Å². The second-order valence-electron chi connectivity index (χ2n) is 19.7. The first kappa shape index (κ1) is 75.7. The lowest BCUT2D eigenvalue weighted by molar-refractivity contribution is -0.232. The molecule has 34 heteroatoms. The van der Waals surface area contributed by atoms with Crippen LogP contribution in [0.3, 0.4) is 0 Å². The fraction of sp³-hybridized carbons (Fsp3) is 0.957. The second kappa shape index (κ2) is 35.2. The summed E-state index contributed by atoms with van der Waals surface area (Å²) in [5.74, 6) is -0.153. The molecule has 0 radical (unpaired) electrons. The molecule has 0 bridgehead atoms. The van der Waals surface area contributed by atoms with Crippen LogP contribution in [0.15, 0.2) is 0 Å². The predicted molar refractivity (Wildman–Crippen MR) is 264 cm³/mol. The Kier molecular flexibility index (Phi) is 33.3. The number of aliphatic hydroxyl groups excluding tert-OH is 1. The van der Waals surface area contributed by atoms with Gasteiger partial charge in [0.25, 0.3) is 0 Å². The van der Waals surface area contributed by atoms with Crippen LogP contribution in [0.4, 0.5) is 52.7 Å². The van der Waals surface area contributed by atoms with Crippen molar-refractivity contribution < 1.29 is 134 Å². The fourth-order valence-corrected chi connectivity index (χ4v) is 14.3. The van der Waals surface area contributed by atoms with E-state index >= 15 is 0 Å². The highest BCUT2D eigenvalue weighted by Gasteiger charge is 2.44. The Morgan fingerprint density at radius 2 is 0.688 bits per heavy atom. The zero-order chi connectivity index (χ0) is 61.2. The summed E-state index contributed by atoms with van der Waals surface area (Å²) in [4.78, 5) is 21.6. The van der Waals surface area contributed by atoms with Gasteiger partial charge in [-0.2, -0.15) is 52.7 Å². The molecule has 4 aliphatic heterocycles. The van der Waals surface area contributed by atoms with Crippen molar-refractivity contribution in [2.75, 3.05) is 106 Å². The molecule has 0 saturated carbocycles. The molecule has 4 atom stereocenters. The minimum Gasteiger partial charge on any atom is -0.450 e. The highest BCUT2D eigenvalue weighted by molar-refractivity contribution is 7.92. The average molecular weight is 1270 g/mol. The summed E-state index contributed by atoms with van der Waals surface area (Å²) in [7, 11) is -10.7. The summed E-state index contributed by atoms with van der Waals surface area (Å²) in [5, 5.41) is 8.66. The maximum Gasteiger partial charge on any atom is 0.427 e. The van der Waals surface area contributed by atoms with Crippen molar-refractivity contribution in [3.05, 3.63) is 0 Å². The number of alkyl halides is 12. The standard InChI is InChI=1S/C13H21F3O5S.C12H19F3O5S.C11H19F3O4S.C10H17F3O4S/c1-2-12(17)21-11(13(14,15)16)9-20-6-3-10-4-7-22(18,19)8-5-10;1-9(16)20-11(12(13,14)15)8-19-5-2-10-3-6-21(17,18)7-4-10;1-17-10(11(12,13)14)8-18-5-2-9-3-6-19(15,16)7-4-9;11-10(12,13)9(14)7-17-4-1-8-2-5-18(15,16)6-3-8/h10-11H,2-9H2,1H3;10-11H,2-8H2,1H3;9-10H,2-8H2,1H3;8-9,14H,1-7H2. The maximum atomic E-state index is 12.7. The molecular weight excluding hydrogens is 1200 g/mol. The van der Waals surface area contributed by atoms with Crippen molar-refractivity contribution >= 4 is 51.3 Å². The molecule has 4 rings (SSSR count). The van der Waals surface area contributed by atoms with Crippen molar-refractivity contribution in [3.8, 4) is 0 Å². The Hall–Kier alpha value is -2.34. The van der Waals surface area contributed by atoms with Crippen LogP contribution in [-0.2, 0) is 82.1 Å². The molecule has 0 aromatic carbocycles. The molecule has 476 valence electrons. The molecule has 0 aromatic rings. The van der Waals surface area contributed by atoms with Crippen LogP contribution in [0.1, 0.15) is 97.3 Å². The molecular formula is C46H76F12O18S4. The van der Waals surface area contributed by atoms with E-state index in [9.17, 15) is 95.9 Å². The molecule has 18 nitrogen and oxygen atoms in total. The van der Waals surface area contributed by atoms with Gasteiger partial charge in [0.1, 0.15) is 39.3 Å². The highest BCUT2D eigenvalue weighted by atomic mass is 32.2. The largest absolute Gasteiger partial charge is 0.450 e. The van der Waals surface area contributed by atoms with Crippen molar-refractivity contribution in [2.45, 2.75) is 146 Å². The first-order valence-corrected chi connectivity index (χ1v) is 32.9. The smallest absolute Gasteiger partial charge is 0.427 e. The van der Waals surface area contributed by atoms with E-state index in [4.69, 9.17) is 24.1 Å². The van der Waals surface area contributed by atoms with Crippen LogP contribution in [0.2, 0.25) is 0 Å². The third kappa shape index (κ3) is 35.1. The Bertz CT molecular complexity index is 2190. The molecule has 80 heavy (non-hydrogen) atoms. The summed E-state index contributed by atoms with van der Waals surface area (Å²) < 4.78 is 270. The van der Waals surface area contributed by atoms with Gasteiger partial charge in [-0.25, -0.2) is 33.7 Å². The minimum absolute atomic E-state index is 0.0819. The van der Waals surface area contributed by atoms with Crippen LogP contribution in [0.25, 0.3) is 0 Å². The number of esters is 2. The maximum absolute atomic E-state index is 12.7. The molecule has 1 N–H and O–H groups in total. The van der Waals surface area contributed by atoms with Gasteiger partial charge >= 0.3 is 36.6 Å². The van der Waals surface area contributed by atoms with Gasteiger partial charge in [0.2, 0.25) is 12.2 Å². The lowest BCUT2D eigenvalue weighted by Gasteiger charge is -2.23. The lowest BCUT2D eigenvalue weighted by atomic mass is 10.00. The van der Waals surface area contributed by atoms with Crippen molar-refractivity contribution in [1.29, 1.82) is 0 Å². The van der Waals surface area contributed by atoms with Crippen molar-refractivity contribution in [2.24, 2.45) is 23.7 Å². The molecule has 4 saturated heterocycles. The molecule has 4 heterocycles. The van der Waals surface area contributed by atoms with Crippen LogP contribution in [0.5, 0.6) is 0 Å². The minimum atomic E-state index is -4.66. The molecule has 4 aliphatic rings. The van der Waals surface area contributed by atoms with E-state index in [0.717, 1.165) is 14.0 Å². The SMILES string of the molecule is CC(=O)OC(COCCC1CCS(=O)(=O)CC1)C(F)(F)F.CCC(=O)OC(COCCC1CCS(=O)(=O)CC1)C(F)(F)F.COC(COCCC1CCS(=O)(=O)CC1)C(F)(F)F.O=S1(=O)CCC(CCOCC(O)C(F)(F)F)CC1. The normalized spacial score (nSPS) is 21.6. The fourth-order valence-electron chi connectivity index (χ4n) is 7.90. The van der Waals surface area contributed by atoms with Gasteiger partial charge in [0.05, 0.1) is 72.5 Å². The number of carbonyl (C=O) groups excluding carboxylic acids is 2. The number of halogens is 12. The summed E-state index contributed by atoms with van der Waals surface area (Å²) in [6, 6.07) is 0. The van der Waals surface area contributed by atoms with E-state index in [1.165, 1.54) is 6.92 Å². The van der Waals surface area contributed by atoms with E-state index in [2.05, 4.69) is 14.2 Å². The molecule has 0 amide bonds. The third-order valence-corrected chi connectivity index (χ3v) is 20.0. The summed E-state index contributed by atoms with van der Waals surface area (Å²) in [6.07, 6.45) is -21.0. The Labute approximate surface area is 460 Å². The van der Waals surface area contributed by atoms with E-state index < -0.39 is 127 Å². The van der Waals surface area contributed by atoms with Gasteiger partial charge in [0.15, 0.2) is 12.2 Å². The summed E-state index contributed by atoms with van der Waals surface area (Å²) in [6.45, 7) is 0.0148. The molecule has 0 spiro atoms. The number of carbonyl (C=O) groups is 2. The van der Waals surface area contributed by atoms with Crippen LogP contribution < -0.4 is 0 Å². The first-order chi connectivity index (χ1) is 36.7. The molecule has 0 aromatic heterocycles. The Morgan fingerprint density at radius 1 is 0.438 bits per heavy atom. The van der Waals surface area contributed by atoms with E-state index in [1.807, 2.05) is 0 Å². The number of methoxy groups -OCH3 is 1. The number of sulfone groups is 4. The van der Waals surface area contributed by atoms with Gasteiger partial charge in [-0.05, 0) is 101 Å². The summed E-state index contributed by atoms with van der Waals surface area (Å²) in [5.41, 5.74) is 0. The van der Waals surface area contributed by atoms with Gasteiger partial charge in [-0.15, -0.1) is 0 Å². The molecule has 4 unspecified atom stereocenters. The number of ether oxygens (including phenoxy) is 7. The Balaban J connectivity index is 0.000000535. The topological polar surface area (TPSA) is 256 Å². The predicted octanol–water partition coefficient (Wildman–Crippen LogP) is 6.75. The van der Waals surface area contributed by atoms with Crippen molar-refractivity contribution in [3.63, 3.8) is 0 Å². The quantitative estimate of drug-likeness (QED) is 0.0595. The van der Waals surface area contributed by atoms with Crippen LogP contribution in [-0.4, -0.2) is 206 Å². The number of aliphatic hydroxyl groups is 1. The highest BCUT2D eigenvalue weighted by Crippen LogP contribution is 2.29. The number of rotatable bonds is 24. The molecule has 0 aliphatic carbocycles. The van der Waals surface area contributed by atoms with Gasteiger partial charge < -0.3 is 38.3 Å². The third-order valence-electron chi connectivity index (χ3n) is 13.1. The first-order valence-electron chi connectivity index (χ1n) is 25.7. The van der Waals surface area contributed by atoms with Gasteiger partial charge in [-0.1, -0.05) is 6.92 Å². The van der Waals surface area contributed by atoms with Crippen LogP contribution in [0, 0.1) is 23.7 Å². The monoisotopic (exact) mass is 1270 g/mol. The Morgan fingerprint density at radius 3 is 0.912 bits per heavy atom. The lowest BCUT2D eigenvalue weighted by Crippen LogP contribution is -2.38. The van der Waals surface area contributed by atoms with Gasteiger partial charge in [-0.3, -0.25) is 9.59 Å².